The van der Waals surface area contributed by atoms with Crippen molar-refractivity contribution in [3.8, 4) is 0 Å². The fourth-order valence-corrected chi connectivity index (χ4v) is 2.29. The maximum atomic E-state index is 3.47. The summed E-state index contributed by atoms with van der Waals surface area (Å²) in [5, 5.41) is 3.47. The molecule has 2 atom stereocenters. The summed E-state index contributed by atoms with van der Waals surface area (Å²) in [6.07, 6.45) is 1.35. The van der Waals surface area contributed by atoms with Gasteiger partial charge in [-0.15, -0.1) is 0 Å². The Morgan fingerprint density at radius 1 is 1.36 bits per heavy atom. The molecule has 0 aliphatic carbocycles. The molecule has 0 aromatic carbocycles. The van der Waals surface area contributed by atoms with Crippen LogP contribution in [-0.4, -0.2) is 35.6 Å². The molecule has 2 aliphatic rings. The molecule has 11 heavy (non-hydrogen) atoms. The predicted molar refractivity (Wildman–Crippen MR) is 46.7 cm³/mol. The molecule has 2 heterocycles. The van der Waals surface area contributed by atoms with Gasteiger partial charge in [-0.3, -0.25) is 4.90 Å². The van der Waals surface area contributed by atoms with Crippen LogP contribution in [0.2, 0.25) is 0 Å². The fraction of sp³-hybridized carbons (Fsp3) is 1.00. The molecule has 0 aromatic rings. The molecule has 2 aliphatic heterocycles. The summed E-state index contributed by atoms with van der Waals surface area (Å²) in [6, 6.07) is 1.66. The van der Waals surface area contributed by atoms with E-state index in [1.165, 1.54) is 19.5 Å². The van der Waals surface area contributed by atoms with Crippen molar-refractivity contribution >= 4 is 0 Å². The number of hydrogen-bond acceptors (Lipinski definition) is 2. The van der Waals surface area contributed by atoms with Crippen LogP contribution < -0.4 is 5.32 Å². The van der Waals surface area contributed by atoms with E-state index in [0.29, 0.717) is 5.54 Å². The largest absolute Gasteiger partial charge is 0.311 e. The normalized spacial score (nSPS) is 38.5. The second-order valence-electron chi connectivity index (χ2n) is 4.73. The summed E-state index contributed by atoms with van der Waals surface area (Å²) >= 11 is 0. The van der Waals surface area contributed by atoms with E-state index >= 15 is 0 Å². The zero-order chi connectivity index (χ0) is 8.06. The first kappa shape index (κ1) is 7.56. The minimum absolute atomic E-state index is 0.377. The molecule has 0 bridgehead atoms. The lowest BCUT2D eigenvalue weighted by Gasteiger charge is -2.43. The molecule has 0 radical (unpaired) electrons. The average molecular weight is 154 g/mol. The van der Waals surface area contributed by atoms with Gasteiger partial charge in [0, 0.05) is 30.7 Å². The van der Waals surface area contributed by atoms with Crippen molar-refractivity contribution < 1.29 is 0 Å². The Labute approximate surface area is 69.0 Å². The maximum absolute atomic E-state index is 3.47. The van der Waals surface area contributed by atoms with E-state index in [2.05, 4.69) is 31.0 Å². The van der Waals surface area contributed by atoms with Crippen molar-refractivity contribution in [3.05, 3.63) is 0 Å². The van der Waals surface area contributed by atoms with Crippen LogP contribution in [0.25, 0.3) is 0 Å². The van der Waals surface area contributed by atoms with Crippen LogP contribution in [0, 0.1) is 0 Å². The SMILES string of the molecule is CC(C)(C)N1CC[C@H]2NC[C@H]21. The predicted octanol–water partition coefficient (Wildman–Crippen LogP) is 0.831. The molecule has 64 valence electrons. The summed E-state index contributed by atoms with van der Waals surface area (Å²) in [4.78, 5) is 2.63. The lowest BCUT2D eigenvalue weighted by Crippen LogP contribution is -2.62. The second kappa shape index (κ2) is 2.20. The number of hydrogen-bond donors (Lipinski definition) is 1. The van der Waals surface area contributed by atoms with Crippen molar-refractivity contribution in [2.45, 2.75) is 44.8 Å². The number of rotatable bonds is 0. The van der Waals surface area contributed by atoms with E-state index in [1.54, 1.807) is 0 Å². The molecule has 0 spiro atoms. The topological polar surface area (TPSA) is 15.3 Å². The fourth-order valence-electron chi connectivity index (χ4n) is 2.29. The van der Waals surface area contributed by atoms with E-state index in [-0.39, 0.29) is 0 Å². The molecule has 0 aromatic heterocycles. The first-order valence-corrected chi connectivity index (χ1v) is 4.59. The summed E-state index contributed by atoms with van der Waals surface area (Å²) in [7, 11) is 0. The zero-order valence-corrected chi connectivity index (χ0v) is 7.72. The van der Waals surface area contributed by atoms with Gasteiger partial charge in [-0.25, -0.2) is 0 Å². The summed E-state index contributed by atoms with van der Waals surface area (Å²) in [5.41, 5.74) is 0.377. The van der Waals surface area contributed by atoms with E-state index in [1.807, 2.05) is 0 Å². The maximum Gasteiger partial charge on any atom is 0.0379 e. The van der Waals surface area contributed by atoms with Crippen molar-refractivity contribution in [2.75, 3.05) is 13.1 Å². The Bertz CT molecular complexity index is 159. The Balaban J connectivity index is 2.05. The molecule has 0 amide bonds. The van der Waals surface area contributed by atoms with Gasteiger partial charge in [0.2, 0.25) is 0 Å². The minimum atomic E-state index is 0.377. The third-order valence-corrected chi connectivity index (χ3v) is 3.00. The van der Waals surface area contributed by atoms with Crippen LogP contribution in [0.3, 0.4) is 0 Å². The third-order valence-electron chi connectivity index (χ3n) is 3.00. The van der Waals surface area contributed by atoms with Gasteiger partial charge >= 0.3 is 0 Å². The molecule has 0 unspecified atom stereocenters. The zero-order valence-electron chi connectivity index (χ0n) is 7.72. The van der Waals surface area contributed by atoms with E-state index in [0.717, 1.165) is 12.1 Å². The molecule has 0 saturated carbocycles. The molecular formula is C9H18N2. The van der Waals surface area contributed by atoms with Gasteiger partial charge in [0.05, 0.1) is 0 Å². The molecule has 2 rings (SSSR count). The lowest BCUT2D eigenvalue weighted by atomic mass is 9.98. The van der Waals surface area contributed by atoms with Crippen molar-refractivity contribution in [1.82, 2.24) is 10.2 Å². The van der Waals surface area contributed by atoms with Crippen molar-refractivity contribution in [1.29, 1.82) is 0 Å². The first-order chi connectivity index (χ1) is 5.09. The molecule has 1 N–H and O–H groups in total. The van der Waals surface area contributed by atoms with Crippen LogP contribution in [-0.2, 0) is 0 Å². The van der Waals surface area contributed by atoms with Crippen LogP contribution in [0.1, 0.15) is 27.2 Å². The van der Waals surface area contributed by atoms with Gasteiger partial charge in [-0.2, -0.15) is 0 Å². The van der Waals surface area contributed by atoms with Gasteiger partial charge in [-0.1, -0.05) is 0 Å². The smallest absolute Gasteiger partial charge is 0.0379 e. The van der Waals surface area contributed by atoms with Crippen molar-refractivity contribution in [3.63, 3.8) is 0 Å². The van der Waals surface area contributed by atoms with Gasteiger partial charge in [0.25, 0.3) is 0 Å². The van der Waals surface area contributed by atoms with Crippen LogP contribution in [0.15, 0.2) is 0 Å². The highest BCUT2D eigenvalue weighted by Crippen LogP contribution is 2.30. The standard InChI is InChI=1S/C9H18N2/c1-9(2,3)11-5-4-7-8(11)6-10-7/h7-8,10H,4-6H2,1-3H3/t7-,8-/m1/s1. The quantitative estimate of drug-likeness (QED) is 0.556. The Morgan fingerprint density at radius 3 is 2.36 bits per heavy atom. The van der Waals surface area contributed by atoms with E-state index < -0.39 is 0 Å². The van der Waals surface area contributed by atoms with Crippen LogP contribution >= 0.6 is 0 Å². The van der Waals surface area contributed by atoms with Crippen LogP contribution in [0.5, 0.6) is 0 Å². The highest BCUT2D eigenvalue weighted by molar-refractivity contribution is 5.04. The molecule has 2 saturated heterocycles. The first-order valence-electron chi connectivity index (χ1n) is 4.59. The number of nitrogens with one attached hydrogen (secondary N) is 1. The Hall–Kier alpha value is -0.0800. The third kappa shape index (κ3) is 1.09. The van der Waals surface area contributed by atoms with Gasteiger partial charge in [-0.05, 0) is 27.2 Å². The summed E-state index contributed by atoms with van der Waals surface area (Å²) in [6.45, 7) is 9.43. The van der Waals surface area contributed by atoms with E-state index in [4.69, 9.17) is 0 Å². The number of nitrogens with zero attached hydrogens (tertiary/aromatic N) is 1. The lowest BCUT2D eigenvalue weighted by molar-refractivity contribution is 0.0816. The number of likely N-dealkylation sites (tertiary alicyclic amines) is 1. The number of fused-ring (bicyclic) bond motifs is 1. The monoisotopic (exact) mass is 154 g/mol. The highest BCUT2D eigenvalue weighted by Gasteiger charge is 2.44. The van der Waals surface area contributed by atoms with Gasteiger partial charge in [0.15, 0.2) is 0 Å². The average Bonchev–Trinajstić information content (AvgIpc) is 2.05. The second-order valence-corrected chi connectivity index (χ2v) is 4.73. The van der Waals surface area contributed by atoms with Gasteiger partial charge in [0.1, 0.15) is 0 Å². The minimum Gasteiger partial charge on any atom is -0.311 e. The summed E-state index contributed by atoms with van der Waals surface area (Å²) < 4.78 is 0. The van der Waals surface area contributed by atoms with Crippen LogP contribution in [0.4, 0.5) is 0 Å². The van der Waals surface area contributed by atoms with Crippen molar-refractivity contribution in [2.24, 2.45) is 0 Å². The van der Waals surface area contributed by atoms with Gasteiger partial charge < -0.3 is 5.32 Å². The summed E-state index contributed by atoms with van der Waals surface area (Å²) in [5.74, 6) is 0. The molecule has 2 nitrogen and oxygen atoms in total. The Morgan fingerprint density at radius 2 is 2.09 bits per heavy atom. The molecule has 2 heteroatoms. The Kier molecular flexibility index (Phi) is 1.52. The molecular weight excluding hydrogens is 136 g/mol. The highest BCUT2D eigenvalue weighted by atomic mass is 15.3. The molecule has 2 fully saturated rings. The van der Waals surface area contributed by atoms with E-state index in [9.17, 15) is 0 Å².